The van der Waals surface area contributed by atoms with Gasteiger partial charge in [-0.05, 0) is 25.5 Å². The Morgan fingerprint density at radius 3 is 2.83 bits per heavy atom. The first kappa shape index (κ1) is 12.5. The van der Waals surface area contributed by atoms with Gasteiger partial charge < -0.3 is 9.64 Å². The van der Waals surface area contributed by atoms with Gasteiger partial charge in [-0.15, -0.1) is 0 Å². The SMILES string of the molecule is CCOC(=O)C1CCN(C2=CC(=O)C(=O)C=C2)C1. The zero-order chi connectivity index (χ0) is 13.1. The van der Waals surface area contributed by atoms with Crippen LogP contribution in [0.25, 0.3) is 0 Å². The molecule has 1 aliphatic carbocycles. The van der Waals surface area contributed by atoms with E-state index in [4.69, 9.17) is 4.74 Å². The Hall–Kier alpha value is -1.91. The van der Waals surface area contributed by atoms with E-state index in [1.54, 1.807) is 13.0 Å². The molecule has 18 heavy (non-hydrogen) atoms. The van der Waals surface area contributed by atoms with Crippen LogP contribution in [0.3, 0.4) is 0 Å². The van der Waals surface area contributed by atoms with Crippen molar-refractivity contribution < 1.29 is 19.1 Å². The third-order valence-electron chi connectivity index (χ3n) is 3.10. The Labute approximate surface area is 105 Å². The molecule has 1 atom stereocenters. The highest BCUT2D eigenvalue weighted by Gasteiger charge is 2.31. The van der Waals surface area contributed by atoms with Crippen molar-refractivity contribution in [1.82, 2.24) is 4.90 Å². The summed E-state index contributed by atoms with van der Waals surface area (Å²) in [6.07, 6.45) is 4.94. The molecular weight excluding hydrogens is 234 g/mol. The van der Waals surface area contributed by atoms with E-state index >= 15 is 0 Å². The standard InChI is InChI=1S/C13H15NO4/c1-2-18-13(17)9-5-6-14(8-9)10-3-4-11(15)12(16)7-10/h3-4,7,9H,2,5-6,8H2,1H3. The number of likely N-dealkylation sites (tertiary alicyclic amines) is 1. The summed E-state index contributed by atoms with van der Waals surface area (Å²) in [5.74, 6) is -1.35. The maximum absolute atomic E-state index is 11.6. The first-order valence-electron chi connectivity index (χ1n) is 6.01. The van der Waals surface area contributed by atoms with Crippen LogP contribution in [-0.4, -0.2) is 42.1 Å². The fraction of sp³-hybridized carbons (Fsp3) is 0.462. The number of nitrogens with zero attached hydrogens (tertiary/aromatic N) is 1. The lowest BCUT2D eigenvalue weighted by atomic mass is 10.1. The van der Waals surface area contributed by atoms with Crippen LogP contribution < -0.4 is 0 Å². The Kier molecular flexibility index (Phi) is 3.60. The Morgan fingerprint density at radius 1 is 1.39 bits per heavy atom. The van der Waals surface area contributed by atoms with Crippen molar-refractivity contribution in [1.29, 1.82) is 0 Å². The van der Waals surface area contributed by atoms with Crippen LogP contribution in [0.2, 0.25) is 0 Å². The summed E-state index contributed by atoms with van der Waals surface area (Å²) < 4.78 is 4.98. The number of ether oxygens (including phenoxy) is 1. The smallest absolute Gasteiger partial charge is 0.310 e. The quantitative estimate of drug-likeness (QED) is 0.413. The predicted octanol–water partition coefficient (Wildman–Crippen LogP) is 0.463. The highest BCUT2D eigenvalue weighted by molar-refractivity contribution is 6.46. The second-order valence-electron chi connectivity index (χ2n) is 4.31. The van der Waals surface area contributed by atoms with E-state index in [0.29, 0.717) is 31.8 Å². The van der Waals surface area contributed by atoms with Gasteiger partial charge in [0.1, 0.15) is 0 Å². The molecule has 0 bridgehead atoms. The van der Waals surface area contributed by atoms with Crippen LogP contribution in [0.5, 0.6) is 0 Å². The van der Waals surface area contributed by atoms with Crippen molar-refractivity contribution >= 4 is 17.5 Å². The number of esters is 1. The molecule has 2 rings (SSSR count). The van der Waals surface area contributed by atoms with Crippen molar-refractivity contribution in [2.24, 2.45) is 5.92 Å². The lowest BCUT2D eigenvalue weighted by Gasteiger charge is -2.20. The second kappa shape index (κ2) is 5.16. The van der Waals surface area contributed by atoms with Crippen molar-refractivity contribution in [3.8, 4) is 0 Å². The van der Waals surface area contributed by atoms with Crippen LogP contribution in [-0.2, 0) is 19.1 Å². The van der Waals surface area contributed by atoms with Gasteiger partial charge in [-0.3, -0.25) is 14.4 Å². The molecule has 5 nitrogen and oxygen atoms in total. The number of carbonyl (C=O) groups is 3. The van der Waals surface area contributed by atoms with E-state index in [-0.39, 0.29) is 11.9 Å². The number of hydrogen-bond donors (Lipinski definition) is 0. The van der Waals surface area contributed by atoms with Crippen LogP contribution in [0.4, 0.5) is 0 Å². The molecule has 96 valence electrons. The van der Waals surface area contributed by atoms with E-state index in [9.17, 15) is 14.4 Å². The largest absolute Gasteiger partial charge is 0.466 e. The maximum Gasteiger partial charge on any atom is 0.310 e. The molecule has 1 aliphatic heterocycles. The monoisotopic (exact) mass is 249 g/mol. The van der Waals surface area contributed by atoms with Gasteiger partial charge in [-0.1, -0.05) is 0 Å². The maximum atomic E-state index is 11.6. The highest BCUT2D eigenvalue weighted by atomic mass is 16.5. The van der Waals surface area contributed by atoms with Crippen molar-refractivity contribution in [3.63, 3.8) is 0 Å². The van der Waals surface area contributed by atoms with E-state index < -0.39 is 11.6 Å². The zero-order valence-electron chi connectivity index (χ0n) is 10.2. The molecule has 0 spiro atoms. The average Bonchev–Trinajstić information content (AvgIpc) is 2.82. The number of carbonyl (C=O) groups excluding carboxylic acids is 3. The topological polar surface area (TPSA) is 63.7 Å². The molecule has 1 fully saturated rings. The number of allylic oxidation sites excluding steroid dienone is 3. The van der Waals surface area contributed by atoms with Crippen LogP contribution in [0, 0.1) is 5.92 Å². The third-order valence-corrected chi connectivity index (χ3v) is 3.10. The number of hydrogen-bond acceptors (Lipinski definition) is 5. The lowest BCUT2D eigenvalue weighted by molar-refractivity contribution is -0.147. The Bertz CT molecular complexity index is 450. The molecule has 0 aromatic carbocycles. The van der Waals surface area contributed by atoms with E-state index in [2.05, 4.69) is 0 Å². The van der Waals surface area contributed by atoms with Gasteiger partial charge in [0.05, 0.1) is 12.5 Å². The lowest BCUT2D eigenvalue weighted by Crippen LogP contribution is -2.26. The van der Waals surface area contributed by atoms with Crippen molar-refractivity contribution in [3.05, 3.63) is 23.9 Å². The zero-order valence-corrected chi connectivity index (χ0v) is 10.2. The predicted molar refractivity (Wildman–Crippen MR) is 63.6 cm³/mol. The molecule has 1 saturated heterocycles. The fourth-order valence-corrected chi connectivity index (χ4v) is 2.14. The van der Waals surface area contributed by atoms with Crippen molar-refractivity contribution in [2.75, 3.05) is 19.7 Å². The minimum absolute atomic E-state index is 0.146. The molecular formula is C13H15NO4. The third kappa shape index (κ3) is 2.50. The van der Waals surface area contributed by atoms with Crippen LogP contribution in [0.1, 0.15) is 13.3 Å². The van der Waals surface area contributed by atoms with Gasteiger partial charge in [0.25, 0.3) is 0 Å². The molecule has 0 amide bonds. The minimum atomic E-state index is -0.507. The minimum Gasteiger partial charge on any atom is -0.466 e. The molecule has 0 aromatic heterocycles. The van der Waals surface area contributed by atoms with Crippen LogP contribution in [0.15, 0.2) is 23.9 Å². The van der Waals surface area contributed by atoms with Gasteiger partial charge in [0.2, 0.25) is 11.6 Å². The molecule has 0 radical (unpaired) electrons. The van der Waals surface area contributed by atoms with Gasteiger partial charge >= 0.3 is 5.97 Å². The Balaban J connectivity index is 1.99. The first-order valence-corrected chi connectivity index (χ1v) is 6.01. The molecule has 0 N–H and O–H groups in total. The number of rotatable bonds is 3. The van der Waals surface area contributed by atoms with Gasteiger partial charge in [0.15, 0.2) is 0 Å². The van der Waals surface area contributed by atoms with E-state index in [0.717, 1.165) is 0 Å². The Morgan fingerprint density at radius 2 is 2.17 bits per heavy atom. The summed E-state index contributed by atoms with van der Waals surface area (Å²) in [4.78, 5) is 35.8. The van der Waals surface area contributed by atoms with Gasteiger partial charge in [-0.2, -0.15) is 0 Å². The first-order chi connectivity index (χ1) is 8.61. The average molecular weight is 249 g/mol. The fourth-order valence-electron chi connectivity index (χ4n) is 2.14. The number of ketones is 2. The van der Waals surface area contributed by atoms with Gasteiger partial charge in [0, 0.05) is 24.9 Å². The van der Waals surface area contributed by atoms with Crippen molar-refractivity contribution in [2.45, 2.75) is 13.3 Å². The molecule has 0 saturated carbocycles. The summed E-state index contributed by atoms with van der Waals surface area (Å²) >= 11 is 0. The molecule has 2 aliphatic rings. The summed E-state index contributed by atoms with van der Waals surface area (Å²) in [7, 11) is 0. The summed E-state index contributed by atoms with van der Waals surface area (Å²) in [6, 6.07) is 0. The molecule has 1 heterocycles. The van der Waals surface area contributed by atoms with E-state index in [1.807, 2.05) is 4.90 Å². The summed E-state index contributed by atoms with van der Waals surface area (Å²) in [5.41, 5.74) is 0.700. The summed E-state index contributed by atoms with van der Waals surface area (Å²) in [5, 5.41) is 0. The summed E-state index contributed by atoms with van der Waals surface area (Å²) in [6.45, 7) is 3.39. The van der Waals surface area contributed by atoms with Crippen LogP contribution >= 0.6 is 0 Å². The normalized spacial score (nSPS) is 23.3. The van der Waals surface area contributed by atoms with Gasteiger partial charge in [-0.25, -0.2) is 0 Å². The molecule has 5 heteroatoms. The molecule has 0 aromatic rings. The molecule has 1 unspecified atom stereocenters. The van der Waals surface area contributed by atoms with E-state index in [1.165, 1.54) is 12.2 Å². The highest BCUT2D eigenvalue weighted by Crippen LogP contribution is 2.23. The second-order valence-corrected chi connectivity index (χ2v) is 4.31.